The molecule has 0 N–H and O–H groups in total. The summed E-state index contributed by atoms with van der Waals surface area (Å²) in [7, 11) is 0. The third-order valence-corrected chi connectivity index (χ3v) is 7.68. The van der Waals surface area contributed by atoms with Crippen LogP contribution in [0, 0.1) is 6.92 Å². The summed E-state index contributed by atoms with van der Waals surface area (Å²) in [5.41, 5.74) is 0.349. The summed E-state index contributed by atoms with van der Waals surface area (Å²) >= 11 is 1.26. The van der Waals surface area contributed by atoms with Crippen molar-refractivity contribution >= 4 is 44.9 Å². The molecule has 0 fully saturated rings. The largest absolute Gasteiger partial charge is 0.450 e. The molecule has 2 aliphatic rings. The van der Waals surface area contributed by atoms with Crippen molar-refractivity contribution in [1.82, 2.24) is 10.2 Å². The molecule has 2 aromatic carbocycles. The zero-order valence-corrected chi connectivity index (χ0v) is 20.3. The average Bonchev–Trinajstić information content (AvgIpc) is 3.48. The van der Waals surface area contributed by atoms with Gasteiger partial charge in [-0.1, -0.05) is 48.1 Å². The number of hydrogen-bond donors (Lipinski definition) is 0. The lowest BCUT2D eigenvalue weighted by molar-refractivity contribution is -0.121. The van der Waals surface area contributed by atoms with E-state index in [0.29, 0.717) is 35.2 Å². The Morgan fingerprint density at radius 1 is 1.06 bits per heavy atom. The lowest BCUT2D eigenvalue weighted by Gasteiger charge is -2.31. The number of aryl methyl sites for hydroxylation is 2. The Hall–Kier alpha value is -3.85. The van der Waals surface area contributed by atoms with Crippen LogP contribution in [0.5, 0.6) is 0 Å². The van der Waals surface area contributed by atoms with Crippen LogP contribution in [-0.4, -0.2) is 28.6 Å². The molecule has 0 aliphatic carbocycles. The maximum Gasteiger partial charge on any atom is 0.297 e. The summed E-state index contributed by atoms with van der Waals surface area (Å²) in [5, 5.41) is 9.91. The Morgan fingerprint density at radius 2 is 1.86 bits per heavy atom. The molecule has 9 heteroatoms. The fourth-order valence-electron chi connectivity index (χ4n) is 5.24. The summed E-state index contributed by atoms with van der Waals surface area (Å²) in [6.45, 7) is 6.16. The normalized spacial score (nSPS) is 18.7. The topological polar surface area (TPSA) is 96.6 Å². The molecule has 2 amide bonds. The molecule has 2 aromatic heterocycles. The maximum atomic E-state index is 14.3. The highest BCUT2D eigenvalue weighted by atomic mass is 32.1. The average molecular weight is 487 g/mol. The van der Waals surface area contributed by atoms with Gasteiger partial charge in [0.25, 0.3) is 11.8 Å². The highest BCUT2D eigenvalue weighted by Gasteiger charge is 2.66. The number of benzene rings is 2. The minimum absolute atomic E-state index is 0.0428. The van der Waals surface area contributed by atoms with Gasteiger partial charge in [-0.3, -0.25) is 19.3 Å². The van der Waals surface area contributed by atoms with Crippen LogP contribution >= 0.6 is 11.3 Å². The summed E-state index contributed by atoms with van der Waals surface area (Å²) in [5.74, 6) is -1.07. The second-order valence-electron chi connectivity index (χ2n) is 8.78. The number of fused-ring (bicyclic) bond motifs is 5. The first-order chi connectivity index (χ1) is 16.9. The summed E-state index contributed by atoms with van der Waals surface area (Å²) in [6.07, 6.45) is 1.57. The van der Waals surface area contributed by atoms with Crippen molar-refractivity contribution in [2.24, 2.45) is 0 Å². The van der Waals surface area contributed by atoms with E-state index in [1.165, 1.54) is 16.2 Å². The molecule has 1 unspecified atom stereocenters. The van der Waals surface area contributed by atoms with E-state index in [-0.39, 0.29) is 27.8 Å². The lowest BCUT2D eigenvalue weighted by atomic mass is 9.84. The smallest absolute Gasteiger partial charge is 0.297 e. The van der Waals surface area contributed by atoms with Crippen LogP contribution in [0.25, 0.3) is 11.0 Å². The van der Waals surface area contributed by atoms with E-state index in [2.05, 4.69) is 10.2 Å². The predicted molar refractivity (Wildman–Crippen MR) is 133 cm³/mol. The summed E-state index contributed by atoms with van der Waals surface area (Å²) in [4.78, 5) is 45.3. The highest BCUT2D eigenvalue weighted by molar-refractivity contribution is 7.15. The highest BCUT2D eigenvalue weighted by Crippen LogP contribution is 2.54. The van der Waals surface area contributed by atoms with Crippen LogP contribution in [-0.2, 0) is 16.8 Å². The Kier molecular flexibility index (Phi) is 4.69. The minimum atomic E-state index is -1.71. The molecule has 6 rings (SSSR count). The maximum absolute atomic E-state index is 14.3. The molecule has 8 nitrogen and oxygen atoms in total. The first kappa shape index (κ1) is 21.7. The summed E-state index contributed by atoms with van der Waals surface area (Å²) in [6, 6.07) is 12.5. The number of aromatic nitrogens is 2. The van der Waals surface area contributed by atoms with Gasteiger partial charge in [0.15, 0.2) is 11.0 Å². The fourth-order valence-corrected chi connectivity index (χ4v) is 6.23. The van der Waals surface area contributed by atoms with E-state index in [0.717, 1.165) is 17.0 Å². The Bertz CT molecular complexity index is 1610. The second-order valence-corrected chi connectivity index (χ2v) is 9.82. The number of nitrogens with zero attached hydrogens (tertiary/aromatic N) is 4. The SMILES string of the molecule is CCCc1nnc(N2C(=O)c3oc4ccc(C)cc4c(=O)c3C23C(=O)N(CC)c2ccccc23)s1. The molecule has 0 saturated heterocycles. The first-order valence-corrected chi connectivity index (χ1v) is 12.4. The third kappa shape index (κ3) is 2.70. The van der Waals surface area contributed by atoms with Crippen molar-refractivity contribution in [3.63, 3.8) is 0 Å². The monoisotopic (exact) mass is 486 g/mol. The van der Waals surface area contributed by atoms with Crippen LogP contribution in [0.1, 0.15) is 52.5 Å². The van der Waals surface area contributed by atoms with Gasteiger partial charge in [-0.2, -0.15) is 0 Å². The van der Waals surface area contributed by atoms with Gasteiger partial charge in [0.05, 0.1) is 16.6 Å². The number of carbonyl (C=O) groups is 2. The molecule has 4 aromatic rings. The van der Waals surface area contributed by atoms with E-state index in [1.807, 2.05) is 45.0 Å². The van der Waals surface area contributed by atoms with Gasteiger partial charge in [-0.25, -0.2) is 0 Å². The van der Waals surface area contributed by atoms with E-state index in [4.69, 9.17) is 4.42 Å². The lowest BCUT2D eigenvalue weighted by Crippen LogP contribution is -2.53. The molecule has 35 heavy (non-hydrogen) atoms. The number of amides is 2. The molecule has 0 bridgehead atoms. The van der Waals surface area contributed by atoms with Gasteiger partial charge < -0.3 is 9.32 Å². The fraction of sp³-hybridized carbons (Fsp3) is 0.269. The molecule has 0 saturated carbocycles. The van der Waals surface area contributed by atoms with Crippen molar-refractivity contribution in [2.75, 3.05) is 16.3 Å². The number of hydrogen-bond acceptors (Lipinski definition) is 7. The Balaban J connectivity index is 1.75. The van der Waals surface area contributed by atoms with Crippen LogP contribution in [0.15, 0.2) is 51.7 Å². The van der Waals surface area contributed by atoms with Crippen molar-refractivity contribution in [1.29, 1.82) is 0 Å². The minimum Gasteiger partial charge on any atom is -0.450 e. The van der Waals surface area contributed by atoms with E-state index < -0.39 is 11.4 Å². The van der Waals surface area contributed by atoms with Gasteiger partial charge >= 0.3 is 0 Å². The molecular formula is C26H22N4O4S. The molecule has 0 radical (unpaired) electrons. The Labute approximate surface area is 204 Å². The second kappa shape index (κ2) is 7.58. The van der Waals surface area contributed by atoms with Crippen LogP contribution in [0.2, 0.25) is 0 Å². The molecular weight excluding hydrogens is 464 g/mol. The van der Waals surface area contributed by atoms with Gasteiger partial charge in [-0.15, -0.1) is 10.2 Å². The molecule has 1 atom stereocenters. The van der Waals surface area contributed by atoms with Gasteiger partial charge in [-0.05, 0) is 38.5 Å². The number of rotatable bonds is 4. The molecule has 176 valence electrons. The standard InChI is InChI=1S/C26H22N4O4S/c1-4-8-19-27-28-25(35-19)30-23(32)22-20(21(31)15-13-14(3)11-12-18(15)34-22)26(30)16-9-6-7-10-17(16)29(5-2)24(26)33/h6-7,9-13H,4-5,8H2,1-3H3. The third-order valence-electron chi connectivity index (χ3n) is 6.71. The van der Waals surface area contributed by atoms with E-state index in [9.17, 15) is 14.4 Å². The van der Waals surface area contributed by atoms with E-state index >= 15 is 0 Å². The summed E-state index contributed by atoms with van der Waals surface area (Å²) < 4.78 is 6.07. The van der Waals surface area contributed by atoms with Gasteiger partial charge in [0, 0.05) is 18.5 Å². The number of carbonyl (C=O) groups excluding carboxylic acids is 2. The molecule has 1 spiro atoms. The van der Waals surface area contributed by atoms with Crippen molar-refractivity contribution in [3.8, 4) is 0 Å². The van der Waals surface area contributed by atoms with E-state index in [1.54, 1.807) is 23.1 Å². The van der Waals surface area contributed by atoms with Crippen molar-refractivity contribution < 1.29 is 14.0 Å². The zero-order valence-electron chi connectivity index (χ0n) is 19.5. The molecule has 4 heterocycles. The van der Waals surface area contributed by atoms with Gasteiger partial charge in [0.2, 0.25) is 10.9 Å². The number of likely N-dealkylation sites (N-methyl/N-ethyl adjacent to an activating group) is 1. The number of para-hydroxylation sites is 1. The van der Waals surface area contributed by atoms with Gasteiger partial charge in [0.1, 0.15) is 10.6 Å². The van der Waals surface area contributed by atoms with Crippen molar-refractivity contribution in [2.45, 2.75) is 39.2 Å². The molecule has 2 aliphatic heterocycles. The van der Waals surface area contributed by atoms with Crippen molar-refractivity contribution in [3.05, 3.63) is 80.1 Å². The number of anilines is 2. The Morgan fingerprint density at radius 3 is 2.63 bits per heavy atom. The van der Waals surface area contributed by atoms with Crippen LogP contribution in [0.4, 0.5) is 10.8 Å². The van der Waals surface area contributed by atoms with Crippen LogP contribution in [0.3, 0.4) is 0 Å². The predicted octanol–water partition coefficient (Wildman–Crippen LogP) is 4.18. The van der Waals surface area contributed by atoms with Crippen LogP contribution < -0.4 is 15.2 Å². The first-order valence-electron chi connectivity index (χ1n) is 11.6. The quantitative estimate of drug-likeness (QED) is 0.429. The zero-order chi connectivity index (χ0) is 24.5.